The first kappa shape index (κ1) is 16.8. The number of aromatic carboxylic acids is 1. The zero-order valence-electron chi connectivity index (χ0n) is 14.0. The van der Waals surface area contributed by atoms with Crippen LogP contribution in [0.4, 0.5) is 0 Å². The average Bonchev–Trinajstić information content (AvgIpc) is 2.60. The highest BCUT2D eigenvalue weighted by Crippen LogP contribution is 2.37. The molecule has 5 nitrogen and oxygen atoms in total. The van der Waals surface area contributed by atoms with Crippen LogP contribution in [0.25, 0.3) is 21.9 Å². The number of hydrogen-bond acceptors (Lipinski definition) is 4. The second-order valence-corrected chi connectivity index (χ2v) is 5.79. The Morgan fingerprint density at radius 1 is 1.16 bits per heavy atom. The molecular weight excluding hydrogens is 320 g/mol. The van der Waals surface area contributed by atoms with Gasteiger partial charge in [-0.1, -0.05) is 36.8 Å². The van der Waals surface area contributed by atoms with E-state index in [0.717, 1.165) is 12.0 Å². The zero-order valence-corrected chi connectivity index (χ0v) is 14.0. The third-order valence-corrected chi connectivity index (χ3v) is 3.90. The molecule has 3 rings (SSSR count). The number of carbonyl (C=O) groups is 1. The predicted octanol–water partition coefficient (Wildman–Crippen LogP) is 4.26. The van der Waals surface area contributed by atoms with Gasteiger partial charge in [0.15, 0.2) is 0 Å². The van der Waals surface area contributed by atoms with Crippen LogP contribution in [-0.4, -0.2) is 17.7 Å². The average molecular weight is 338 g/mol. The van der Waals surface area contributed by atoms with E-state index >= 15 is 0 Å². The molecule has 3 aromatic rings. The molecular formula is C20H18O5. The van der Waals surface area contributed by atoms with Gasteiger partial charge in [-0.3, -0.25) is 0 Å². The maximum absolute atomic E-state index is 12.2. The van der Waals surface area contributed by atoms with Crippen LogP contribution in [0, 0.1) is 6.92 Å². The van der Waals surface area contributed by atoms with Gasteiger partial charge in [0.25, 0.3) is 0 Å². The van der Waals surface area contributed by atoms with Gasteiger partial charge in [0.1, 0.15) is 5.75 Å². The molecule has 0 atom stereocenters. The quantitative estimate of drug-likeness (QED) is 0.752. The number of aryl methyl sites for hydroxylation is 1. The molecule has 1 N–H and O–H groups in total. The smallest absolute Gasteiger partial charge is 0.372 e. The van der Waals surface area contributed by atoms with Crippen molar-refractivity contribution in [1.82, 2.24) is 0 Å². The molecule has 1 aromatic heterocycles. The number of hydrogen-bond donors (Lipinski definition) is 1. The summed E-state index contributed by atoms with van der Waals surface area (Å²) in [7, 11) is 0. The lowest BCUT2D eigenvalue weighted by atomic mass is 9.96. The third-order valence-electron chi connectivity index (χ3n) is 3.90. The lowest BCUT2D eigenvalue weighted by Crippen LogP contribution is -2.10. The largest absolute Gasteiger partial charge is 0.493 e. The number of fused-ring (bicyclic) bond motifs is 1. The van der Waals surface area contributed by atoms with Gasteiger partial charge in [-0.05, 0) is 31.5 Å². The van der Waals surface area contributed by atoms with Gasteiger partial charge in [-0.2, -0.15) is 0 Å². The molecule has 1 heterocycles. The molecule has 0 amide bonds. The van der Waals surface area contributed by atoms with E-state index < -0.39 is 11.6 Å². The van der Waals surface area contributed by atoms with Crippen molar-refractivity contribution in [2.75, 3.05) is 6.61 Å². The highest BCUT2D eigenvalue weighted by molar-refractivity contribution is 6.05. The lowest BCUT2D eigenvalue weighted by Gasteiger charge is -2.15. The maximum atomic E-state index is 12.2. The monoisotopic (exact) mass is 338 g/mol. The van der Waals surface area contributed by atoms with Gasteiger partial charge in [-0.15, -0.1) is 0 Å². The van der Waals surface area contributed by atoms with Gasteiger partial charge >= 0.3 is 11.6 Å². The summed E-state index contributed by atoms with van der Waals surface area (Å²) >= 11 is 0. The van der Waals surface area contributed by atoms with Crippen molar-refractivity contribution in [1.29, 1.82) is 0 Å². The first-order valence-corrected chi connectivity index (χ1v) is 8.06. The summed E-state index contributed by atoms with van der Waals surface area (Å²) in [5, 5.41) is 10.4. The predicted molar refractivity (Wildman–Crippen MR) is 95.4 cm³/mol. The number of rotatable bonds is 5. The van der Waals surface area contributed by atoms with Gasteiger partial charge in [0.05, 0.1) is 12.0 Å². The molecule has 0 unspecified atom stereocenters. The van der Waals surface area contributed by atoms with Gasteiger partial charge in [0, 0.05) is 16.5 Å². The van der Waals surface area contributed by atoms with Crippen molar-refractivity contribution in [3.8, 4) is 16.9 Å². The Kier molecular flexibility index (Phi) is 4.57. The Bertz CT molecular complexity index is 1000. The van der Waals surface area contributed by atoms with Crippen LogP contribution in [0.1, 0.15) is 29.5 Å². The standard InChI is InChI=1S/C20H18O5/c1-3-10-24-16-9-8-12(2)11-15(16)17-13-6-4-5-7-14(13)20(23)25-18(17)19(21)22/h4-9,11H,3,10H2,1-2H3,(H,21,22). The van der Waals surface area contributed by atoms with Crippen LogP contribution in [-0.2, 0) is 0 Å². The molecule has 25 heavy (non-hydrogen) atoms. The van der Waals surface area contributed by atoms with E-state index in [1.807, 2.05) is 32.0 Å². The molecule has 0 spiro atoms. The molecule has 0 saturated heterocycles. The Hall–Kier alpha value is -3.08. The Labute approximate surface area is 144 Å². The van der Waals surface area contributed by atoms with Crippen LogP contribution in [0.2, 0.25) is 0 Å². The topological polar surface area (TPSA) is 76.7 Å². The Balaban J connectivity index is 2.41. The van der Waals surface area contributed by atoms with Crippen LogP contribution in [0.3, 0.4) is 0 Å². The minimum absolute atomic E-state index is 0.338. The molecule has 0 aliphatic rings. The number of carboxylic acids is 1. The molecule has 0 bridgehead atoms. The molecule has 0 saturated carbocycles. The van der Waals surface area contributed by atoms with E-state index in [4.69, 9.17) is 9.15 Å². The Morgan fingerprint density at radius 2 is 1.88 bits per heavy atom. The third kappa shape index (κ3) is 3.13. The normalized spacial score (nSPS) is 10.8. The van der Waals surface area contributed by atoms with E-state index in [1.165, 1.54) is 0 Å². The fourth-order valence-electron chi connectivity index (χ4n) is 2.80. The zero-order chi connectivity index (χ0) is 18.0. The Morgan fingerprint density at radius 3 is 2.56 bits per heavy atom. The van der Waals surface area contributed by atoms with Crippen molar-refractivity contribution in [3.63, 3.8) is 0 Å². The summed E-state index contributed by atoms with van der Waals surface area (Å²) < 4.78 is 10.9. The highest BCUT2D eigenvalue weighted by atomic mass is 16.5. The summed E-state index contributed by atoms with van der Waals surface area (Å²) in [6, 6.07) is 12.4. The second kappa shape index (κ2) is 6.81. The van der Waals surface area contributed by atoms with Crippen LogP contribution in [0.15, 0.2) is 51.7 Å². The molecule has 128 valence electrons. The van der Waals surface area contributed by atoms with Gasteiger partial charge in [-0.25, -0.2) is 9.59 Å². The van der Waals surface area contributed by atoms with E-state index in [9.17, 15) is 14.7 Å². The van der Waals surface area contributed by atoms with E-state index in [1.54, 1.807) is 24.3 Å². The molecule has 0 fully saturated rings. The van der Waals surface area contributed by atoms with Crippen molar-refractivity contribution < 1.29 is 19.1 Å². The maximum Gasteiger partial charge on any atom is 0.372 e. The fraction of sp³-hybridized carbons (Fsp3) is 0.200. The summed E-state index contributed by atoms with van der Waals surface area (Å²) in [6.07, 6.45) is 0.823. The molecule has 0 aliphatic heterocycles. The second-order valence-electron chi connectivity index (χ2n) is 5.79. The minimum Gasteiger partial charge on any atom is -0.493 e. The minimum atomic E-state index is -1.29. The van der Waals surface area contributed by atoms with Crippen LogP contribution in [0.5, 0.6) is 5.75 Å². The highest BCUT2D eigenvalue weighted by Gasteiger charge is 2.23. The van der Waals surface area contributed by atoms with Gasteiger partial charge < -0.3 is 14.3 Å². The summed E-state index contributed by atoms with van der Waals surface area (Å²) in [5.41, 5.74) is 1.24. The first-order chi connectivity index (χ1) is 12.0. The van der Waals surface area contributed by atoms with Crippen molar-refractivity contribution in [2.45, 2.75) is 20.3 Å². The SMILES string of the molecule is CCCOc1ccc(C)cc1-c1c(C(=O)O)oc(=O)c2ccccc12. The molecule has 0 aliphatic carbocycles. The summed E-state index contributed by atoms with van der Waals surface area (Å²) in [5.74, 6) is -1.11. The van der Waals surface area contributed by atoms with E-state index in [-0.39, 0.29) is 5.76 Å². The number of carboxylic acid groups (broad SMARTS) is 1. The molecule has 0 radical (unpaired) electrons. The van der Waals surface area contributed by atoms with Crippen LogP contribution >= 0.6 is 0 Å². The number of benzene rings is 2. The van der Waals surface area contributed by atoms with Crippen molar-refractivity contribution in [2.24, 2.45) is 0 Å². The fourth-order valence-corrected chi connectivity index (χ4v) is 2.80. The van der Waals surface area contributed by atoms with E-state index in [0.29, 0.717) is 34.3 Å². The van der Waals surface area contributed by atoms with Crippen molar-refractivity contribution in [3.05, 3.63) is 64.2 Å². The van der Waals surface area contributed by atoms with Gasteiger partial charge in [0.2, 0.25) is 5.76 Å². The number of ether oxygens (including phenoxy) is 1. The first-order valence-electron chi connectivity index (χ1n) is 8.06. The lowest BCUT2D eigenvalue weighted by molar-refractivity contribution is 0.0659. The molecule has 2 aromatic carbocycles. The van der Waals surface area contributed by atoms with Crippen molar-refractivity contribution >= 4 is 16.7 Å². The molecule has 5 heteroatoms. The summed E-state index contributed by atoms with van der Waals surface area (Å²) in [6.45, 7) is 4.41. The van der Waals surface area contributed by atoms with E-state index in [2.05, 4.69) is 0 Å². The van der Waals surface area contributed by atoms with Crippen LogP contribution < -0.4 is 10.4 Å². The summed E-state index contributed by atoms with van der Waals surface area (Å²) in [4.78, 5) is 23.9.